The van der Waals surface area contributed by atoms with E-state index in [0.717, 1.165) is 37.3 Å². The summed E-state index contributed by atoms with van der Waals surface area (Å²) in [6.45, 7) is 4.57. The number of benzene rings is 1. The third-order valence-electron chi connectivity index (χ3n) is 4.50. The van der Waals surface area contributed by atoms with Gasteiger partial charge in [-0.3, -0.25) is 14.5 Å². The van der Waals surface area contributed by atoms with Crippen LogP contribution in [0.1, 0.15) is 12.8 Å². The predicted octanol–water partition coefficient (Wildman–Crippen LogP) is 1.32. The number of nitrogens with one attached hydrogen (secondary N) is 2. The van der Waals surface area contributed by atoms with Gasteiger partial charge in [0.2, 0.25) is 11.8 Å². The fourth-order valence-electron chi connectivity index (χ4n) is 3.00. The fraction of sp³-hybridized carbons (Fsp3) is 0.556. The molecule has 1 aromatic rings. The summed E-state index contributed by atoms with van der Waals surface area (Å²) in [5.41, 5.74) is 1.46. The molecule has 136 valence electrons. The van der Waals surface area contributed by atoms with E-state index in [4.69, 9.17) is 9.47 Å². The van der Waals surface area contributed by atoms with Crippen LogP contribution in [0.25, 0.3) is 0 Å². The van der Waals surface area contributed by atoms with Gasteiger partial charge in [-0.2, -0.15) is 0 Å². The molecule has 2 fully saturated rings. The van der Waals surface area contributed by atoms with Gasteiger partial charge in [0.1, 0.15) is 0 Å². The van der Waals surface area contributed by atoms with E-state index in [0.29, 0.717) is 33.0 Å². The summed E-state index contributed by atoms with van der Waals surface area (Å²) >= 11 is 0. The summed E-state index contributed by atoms with van der Waals surface area (Å²) in [5.74, 6) is 0.00921. The number of amides is 2. The first kappa shape index (κ1) is 17.8. The largest absolute Gasteiger partial charge is 0.381 e. The van der Waals surface area contributed by atoms with Gasteiger partial charge in [0.05, 0.1) is 19.8 Å². The average molecular weight is 347 g/mol. The summed E-state index contributed by atoms with van der Waals surface area (Å²) in [6, 6.07) is 7.22. The smallest absolute Gasteiger partial charge is 0.238 e. The summed E-state index contributed by atoms with van der Waals surface area (Å²) < 4.78 is 10.5. The molecule has 2 amide bonds. The van der Waals surface area contributed by atoms with Crippen molar-refractivity contribution in [1.82, 2.24) is 4.90 Å². The lowest BCUT2D eigenvalue weighted by molar-refractivity contribution is -0.122. The van der Waals surface area contributed by atoms with Crippen molar-refractivity contribution < 1.29 is 19.1 Å². The van der Waals surface area contributed by atoms with Gasteiger partial charge in [-0.25, -0.2) is 0 Å². The van der Waals surface area contributed by atoms with E-state index in [1.165, 1.54) is 0 Å². The van der Waals surface area contributed by atoms with Crippen molar-refractivity contribution in [3.8, 4) is 0 Å². The lowest BCUT2D eigenvalue weighted by atomic mass is 9.99. The zero-order chi connectivity index (χ0) is 17.5. The molecule has 0 aliphatic carbocycles. The monoisotopic (exact) mass is 347 g/mol. The molecule has 2 aliphatic rings. The number of ether oxygens (including phenoxy) is 2. The van der Waals surface area contributed by atoms with Crippen LogP contribution in [0.3, 0.4) is 0 Å². The maximum absolute atomic E-state index is 12.2. The highest BCUT2D eigenvalue weighted by atomic mass is 16.5. The fourth-order valence-corrected chi connectivity index (χ4v) is 3.00. The Kier molecular flexibility index (Phi) is 6.38. The summed E-state index contributed by atoms with van der Waals surface area (Å²) in [5, 5.41) is 5.81. The van der Waals surface area contributed by atoms with Crippen molar-refractivity contribution in [3.05, 3.63) is 24.3 Å². The predicted molar refractivity (Wildman–Crippen MR) is 94.5 cm³/mol. The molecule has 0 radical (unpaired) electrons. The van der Waals surface area contributed by atoms with Gasteiger partial charge in [-0.1, -0.05) is 0 Å². The number of rotatable bonds is 5. The zero-order valence-electron chi connectivity index (χ0n) is 14.3. The molecule has 2 heterocycles. The summed E-state index contributed by atoms with van der Waals surface area (Å²) in [6.07, 6.45) is 1.53. The molecule has 2 saturated heterocycles. The van der Waals surface area contributed by atoms with Gasteiger partial charge < -0.3 is 20.1 Å². The molecule has 2 aliphatic heterocycles. The quantitative estimate of drug-likeness (QED) is 0.840. The van der Waals surface area contributed by atoms with Gasteiger partial charge >= 0.3 is 0 Å². The van der Waals surface area contributed by atoms with Gasteiger partial charge in [0.15, 0.2) is 0 Å². The Morgan fingerprint density at radius 1 is 0.920 bits per heavy atom. The number of hydrogen-bond donors (Lipinski definition) is 2. The third kappa shape index (κ3) is 5.52. The van der Waals surface area contributed by atoms with Crippen molar-refractivity contribution in [3.63, 3.8) is 0 Å². The molecule has 0 aromatic heterocycles. The van der Waals surface area contributed by atoms with Crippen LogP contribution in [0.4, 0.5) is 11.4 Å². The molecular formula is C18H25N3O4. The summed E-state index contributed by atoms with van der Waals surface area (Å²) in [7, 11) is 0. The first-order valence-corrected chi connectivity index (χ1v) is 8.79. The lowest BCUT2D eigenvalue weighted by Gasteiger charge is -2.25. The molecule has 25 heavy (non-hydrogen) atoms. The normalized spacial score (nSPS) is 19.4. The van der Waals surface area contributed by atoms with Crippen LogP contribution >= 0.6 is 0 Å². The molecule has 1 aromatic carbocycles. The van der Waals surface area contributed by atoms with E-state index in [-0.39, 0.29) is 17.7 Å². The second-order valence-electron chi connectivity index (χ2n) is 6.39. The Morgan fingerprint density at radius 3 is 2.12 bits per heavy atom. The van der Waals surface area contributed by atoms with Crippen LogP contribution in [0.15, 0.2) is 24.3 Å². The van der Waals surface area contributed by atoms with E-state index in [1.54, 1.807) is 12.1 Å². The Balaban J connectivity index is 1.46. The van der Waals surface area contributed by atoms with Gasteiger partial charge in [-0.15, -0.1) is 0 Å². The number of carbonyl (C=O) groups is 2. The summed E-state index contributed by atoms with van der Waals surface area (Å²) in [4.78, 5) is 26.3. The number of carbonyl (C=O) groups excluding carboxylic acids is 2. The maximum atomic E-state index is 12.2. The van der Waals surface area contributed by atoms with Crippen LogP contribution < -0.4 is 10.6 Å². The Labute approximate surface area is 147 Å². The number of morpholine rings is 1. The minimum atomic E-state index is -0.0408. The highest BCUT2D eigenvalue weighted by molar-refractivity contribution is 5.94. The molecule has 7 nitrogen and oxygen atoms in total. The molecular weight excluding hydrogens is 322 g/mol. The molecule has 3 rings (SSSR count). The molecule has 0 unspecified atom stereocenters. The highest BCUT2D eigenvalue weighted by Gasteiger charge is 2.21. The molecule has 2 N–H and O–H groups in total. The van der Waals surface area contributed by atoms with Crippen molar-refractivity contribution in [1.29, 1.82) is 0 Å². The molecule has 0 atom stereocenters. The standard InChI is InChI=1S/C18H25N3O4/c22-17(13-21-7-11-25-12-8-21)19-15-1-3-16(4-2-15)20-18(23)14-5-9-24-10-6-14/h1-4,14H,5-13H2,(H,19,22)(H,20,23). The Hall–Kier alpha value is -1.96. The van der Waals surface area contributed by atoms with Crippen LogP contribution in [0.5, 0.6) is 0 Å². The first-order chi connectivity index (χ1) is 12.2. The molecule has 0 saturated carbocycles. The highest BCUT2D eigenvalue weighted by Crippen LogP contribution is 2.19. The van der Waals surface area contributed by atoms with E-state index in [1.807, 2.05) is 12.1 Å². The van der Waals surface area contributed by atoms with Crippen LogP contribution in [-0.4, -0.2) is 62.8 Å². The van der Waals surface area contributed by atoms with Crippen LogP contribution in [-0.2, 0) is 19.1 Å². The van der Waals surface area contributed by atoms with E-state index >= 15 is 0 Å². The maximum Gasteiger partial charge on any atom is 0.238 e. The van der Waals surface area contributed by atoms with E-state index in [9.17, 15) is 9.59 Å². The Morgan fingerprint density at radius 2 is 1.48 bits per heavy atom. The van der Waals surface area contributed by atoms with Crippen LogP contribution in [0.2, 0.25) is 0 Å². The van der Waals surface area contributed by atoms with Gasteiger partial charge in [0, 0.05) is 43.6 Å². The number of hydrogen-bond acceptors (Lipinski definition) is 5. The Bertz CT molecular complexity index is 578. The van der Waals surface area contributed by atoms with Crippen molar-refractivity contribution >= 4 is 23.2 Å². The van der Waals surface area contributed by atoms with Crippen molar-refractivity contribution in [2.24, 2.45) is 5.92 Å². The first-order valence-electron chi connectivity index (χ1n) is 8.79. The number of nitrogens with zero attached hydrogens (tertiary/aromatic N) is 1. The number of anilines is 2. The van der Waals surface area contributed by atoms with Crippen molar-refractivity contribution in [2.45, 2.75) is 12.8 Å². The zero-order valence-corrected chi connectivity index (χ0v) is 14.3. The van der Waals surface area contributed by atoms with Crippen molar-refractivity contribution in [2.75, 3.05) is 56.7 Å². The van der Waals surface area contributed by atoms with Gasteiger partial charge in [0.25, 0.3) is 0 Å². The molecule has 0 bridgehead atoms. The average Bonchev–Trinajstić information content (AvgIpc) is 2.65. The van der Waals surface area contributed by atoms with Crippen LogP contribution in [0, 0.1) is 5.92 Å². The molecule has 7 heteroatoms. The SMILES string of the molecule is O=C(CN1CCOCC1)Nc1ccc(NC(=O)C2CCOCC2)cc1. The topological polar surface area (TPSA) is 79.9 Å². The second-order valence-corrected chi connectivity index (χ2v) is 6.39. The lowest BCUT2D eigenvalue weighted by Crippen LogP contribution is -2.41. The van der Waals surface area contributed by atoms with E-state index in [2.05, 4.69) is 15.5 Å². The van der Waals surface area contributed by atoms with E-state index < -0.39 is 0 Å². The van der Waals surface area contributed by atoms with Gasteiger partial charge in [-0.05, 0) is 37.1 Å². The minimum absolute atomic E-state index is 0.0154. The minimum Gasteiger partial charge on any atom is -0.381 e. The second kappa shape index (κ2) is 8.94. The third-order valence-corrected chi connectivity index (χ3v) is 4.50. The molecule has 0 spiro atoms.